The number of benzene rings is 2. The van der Waals surface area contributed by atoms with Crippen molar-refractivity contribution >= 4 is 7.62 Å². The summed E-state index contributed by atoms with van der Waals surface area (Å²) < 4.78 is 6.41. The van der Waals surface area contributed by atoms with Gasteiger partial charge in [-0.15, -0.1) is 0 Å². The summed E-state index contributed by atoms with van der Waals surface area (Å²) >= 11 is 0. The van der Waals surface area contributed by atoms with Gasteiger partial charge in [-0.1, -0.05) is 60.7 Å². The molecule has 2 aliphatic heterocycles. The minimum atomic E-state index is -0.293. The second-order valence-electron chi connectivity index (χ2n) is 5.71. The van der Waals surface area contributed by atoms with Gasteiger partial charge >= 0.3 is 7.62 Å². The lowest BCUT2D eigenvalue weighted by Gasteiger charge is -2.36. The summed E-state index contributed by atoms with van der Waals surface area (Å²) in [4.78, 5) is 2.49. The molecule has 0 aliphatic carbocycles. The highest BCUT2D eigenvalue weighted by atomic mass is 16.5. The Bertz CT molecular complexity index is 547. The summed E-state index contributed by atoms with van der Waals surface area (Å²) in [5, 5.41) is 0. The van der Waals surface area contributed by atoms with Gasteiger partial charge < -0.3 is 9.47 Å². The number of hydrogen-bond acceptors (Lipinski definition) is 2. The van der Waals surface area contributed by atoms with Crippen molar-refractivity contribution in [3.05, 3.63) is 71.8 Å². The van der Waals surface area contributed by atoms with Crippen molar-refractivity contribution in [2.75, 3.05) is 6.54 Å². The van der Waals surface area contributed by atoms with Crippen LogP contribution in [0, 0.1) is 0 Å². The second kappa shape index (κ2) is 4.76. The molecule has 2 aromatic rings. The zero-order chi connectivity index (χ0) is 13.4. The van der Waals surface area contributed by atoms with E-state index in [9.17, 15) is 0 Å². The van der Waals surface area contributed by atoms with E-state index < -0.39 is 0 Å². The fourth-order valence-corrected chi connectivity index (χ4v) is 3.81. The average molecular weight is 263 g/mol. The highest BCUT2D eigenvalue weighted by molar-refractivity contribution is 6.25. The van der Waals surface area contributed by atoms with Crippen LogP contribution in [-0.2, 0) is 10.3 Å². The molecule has 1 unspecified atom stereocenters. The van der Waals surface area contributed by atoms with Crippen LogP contribution >= 0.6 is 0 Å². The zero-order valence-electron chi connectivity index (χ0n) is 11.5. The number of hydrogen-bond donors (Lipinski definition) is 0. The van der Waals surface area contributed by atoms with Crippen molar-refractivity contribution in [2.45, 2.75) is 24.5 Å². The van der Waals surface area contributed by atoms with Gasteiger partial charge in [-0.05, 0) is 30.5 Å². The first-order valence-corrected chi connectivity index (χ1v) is 7.40. The molecule has 4 rings (SSSR count). The van der Waals surface area contributed by atoms with Gasteiger partial charge in [0.05, 0.1) is 0 Å². The van der Waals surface area contributed by atoms with Gasteiger partial charge in [-0.2, -0.15) is 0 Å². The lowest BCUT2D eigenvalue weighted by atomic mass is 9.79. The first-order valence-electron chi connectivity index (χ1n) is 7.40. The van der Waals surface area contributed by atoms with E-state index >= 15 is 0 Å². The molecule has 0 radical (unpaired) electrons. The predicted octanol–water partition coefficient (Wildman–Crippen LogP) is 2.69. The van der Waals surface area contributed by atoms with Gasteiger partial charge in [0.2, 0.25) is 0 Å². The first kappa shape index (κ1) is 12.2. The first-order chi connectivity index (χ1) is 9.91. The van der Waals surface area contributed by atoms with E-state index in [4.69, 9.17) is 4.65 Å². The summed E-state index contributed by atoms with van der Waals surface area (Å²) in [6.45, 7) is 1.16. The molecule has 2 fully saturated rings. The molecule has 2 nitrogen and oxygen atoms in total. The van der Waals surface area contributed by atoms with E-state index in [1.807, 2.05) is 0 Å². The van der Waals surface area contributed by atoms with Crippen molar-refractivity contribution in [2.24, 2.45) is 0 Å². The summed E-state index contributed by atoms with van der Waals surface area (Å²) in [6.07, 6.45) is 2.49. The molecule has 3 heteroatoms. The Balaban J connectivity index is 1.90. The van der Waals surface area contributed by atoms with E-state index in [1.54, 1.807) is 0 Å². The Morgan fingerprint density at radius 3 is 2.15 bits per heavy atom. The third-order valence-corrected chi connectivity index (χ3v) is 4.70. The maximum atomic E-state index is 6.41. The van der Waals surface area contributed by atoms with Crippen LogP contribution in [0.3, 0.4) is 0 Å². The monoisotopic (exact) mass is 263 g/mol. The van der Waals surface area contributed by atoms with Crippen LogP contribution in [0.1, 0.15) is 24.0 Å². The molecular weight excluding hydrogens is 245 g/mol. The maximum absolute atomic E-state index is 6.41. The molecule has 0 saturated carbocycles. The largest absolute Gasteiger partial charge is 0.409 e. The van der Waals surface area contributed by atoms with E-state index in [2.05, 4.69) is 65.5 Å². The zero-order valence-corrected chi connectivity index (χ0v) is 11.5. The minimum absolute atomic E-state index is 0.293. The van der Waals surface area contributed by atoms with Crippen molar-refractivity contribution in [1.29, 1.82) is 0 Å². The quantitative estimate of drug-likeness (QED) is 0.772. The van der Waals surface area contributed by atoms with E-state index in [0.717, 1.165) is 14.2 Å². The standard InChI is InChI=1S/C17H18BNO/c1-3-8-14(9-4-1)17(15-10-5-2-6-11-15)16-12-7-13-19(16)18-20-17/h1-6,8-11,16,18H,7,12-13H2. The molecule has 2 saturated heterocycles. The fraction of sp³-hybridized carbons (Fsp3) is 0.294. The van der Waals surface area contributed by atoms with Gasteiger partial charge in [0.25, 0.3) is 0 Å². The van der Waals surface area contributed by atoms with Gasteiger partial charge in [0, 0.05) is 6.04 Å². The lowest BCUT2D eigenvalue weighted by Crippen LogP contribution is -2.40. The van der Waals surface area contributed by atoms with Crippen LogP contribution in [0.2, 0.25) is 0 Å². The summed E-state index contributed by atoms with van der Waals surface area (Å²) in [6, 6.07) is 21.9. The lowest BCUT2D eigenvalue weighted by molar-refractivity contribution is 0.109. The molecule has 0 aromatic heterocycles. The van der Waals surface area contributed by atoms with Gasteiger partial charge in [0.15, 0.2) is 0 Å². The van der Waals surface area contributed by atoms with E-state index in [0.29, 0.717) is 6.04 Å². The van der Waals surface area contributed by atoms with E-state index in [-0.39, 0.29) is 5.60 Å². The smallest absolute Gasteiger partial charge is 0.364 e. The highest BCUT2D eigenvalue weighted by Gasteiger charge is 2.52. The van der Waals surface area contributed by atoms with Crippen molar-refractivity contribution in [3.8, 4) is 0 Å². The third kappa shape index (κ3) is 1.67. The Labute approximate surface area is 120 Å². The molecule has 0 N–H and O–H groups in total. The Morgan fingerprint density at radius 1 is 0.950 bits per heavy atom. The number of nitrogens with zero attached hydrogens (tertiary/aromatic N) is 1. The predicted molar refractivity (Wildman–Crippen MR) is 81.6 cm³/mol. The van der Waals surface area contributed by atoms with Crippen LogP contribution in [0.25, 0.3) is 0 Å². The number of rotatable bonds is 2. The molecule has 0 amide bonds. The van der Waals surface area contributed by atoms with E-state index in [1.165, 1.54) is 24.0 Å². The van der Waals surface area contributed by atoms with Crippen LogP contribution in [-0.4, -0.2) is 25.0 Å². The Morgan fingerprint density at radius 2 is 1.55 bits per heavy atom. The SMILES string of the molecule is B1OC(c2ccccc2)(c2ccccc2)C2CCCN12. The molecule has 2 aromatic carbocycles. The molecule has 100 valence electrons. The maximum Gasteiger partial charge on any atom is 0.364 e. The van der Waals surface area contributed by atoms with Gasteiger partial charge in [0.1, 0.15) is 5.60 Å². The fourth-order valence-electron chi connectivity index (χ4n) is 3.81. The van der Waals surface area contributed by atoms with Crippen molar-refractivity contribution < 1.29 is 4.65 Å². The third-order valence-electron chi connectivity index (χ3n) is 4.70. The number of fused-ring (bicyclic) bond motifs is 1. The normalized spacial score (nSPS) is 24.3. The van der Waals surface area contributed by atoms with Gasteiger partial charge in [-0.3, -0.25) is 0 Å². The highest BCUT2D eigenvalue weighted by Crippen LogP contribution is 2.46. The van der Waals surface area contributed by atoms with Crippen LogP contribution in [0.4, 0.5) is 0 Å². The summed E-state index contributed by atoms with van der Waals surface area (Å²) in [5.74, 6) is 0. The summed E-state index contributed by atoms with van der Waals surface area (Å²) in [5.41, 5.74) is 2.26. The summed E-state index contributed by atoms with van der Waals surface area (Å²) in [7, 11) is 0.744. The molecule has 2 heterocycles. The molecular formula is C17H18BNO. The van der Waals surface area contributed by atoms with Crippen LogP contribution in [0.5, 0.6) is 0 Å². The molecule has 20 heavy (non-hydrogen) atoms. The molecule has 0 spiro atoms. The van der Waals surface area contributed by atoms with Crippen molar-refractivity contribution in [1.82, 2.24) is 4.81 Å². The Kier molecular flexibility index (Phi) is 2.90. The van der Waals surface area contributed by atoms with Crippen LogP contribution in [0.15, 0.2) is 60.7 Å². The van der Waals surface area contributed by atoms with Crippen LogP contribution < -0.4 is 0 Å². The van der Waals surface area contributed by atoms with Gasteiger partial charge in [-0.25, -0.2) is 0 Å². The minimum Gasteiger partial charge on any atom is -0.409 e. The molecule has 2 aliphatic rings. The molecule has 1 atom stereocenters. The second-order valence-corrected chi connectivity index (χ2v) is 5.71. The average Bonchev–Trinajstić information content (AvgIpc) is 3.11. The molecule has 0 bridgehead atoms. The topological polar surface area (TPSA) is 12.5 Å². The Hall–Kier alpha value is -1.58. The van der Waals surface area contributed by atoms with Crippen molar-refractivity contribution in [3.63, 3.8) is 0 Å².